The van der Waals surface area contributed by atoms with Crippen LogP contribution < -0.4 is 0 Å². The molecule has 0 saturated heterocycles. The van der Waals surface area contributed by atoms with E-state index >= 15 is 0 Å². The van der Waals surface area contributed by atoms with Crippen LogP contribution in [-0.4, -0.2) is 0 Å². The van der Waals surface area contributed by atoms with Crippen molar-refractivity contribution >= 4 is 0 Å². The molecule has 2 unspecified atom stereocenters. The molecule has 0 aromatic carbocycles. The second-order valence-electron chi connectivity index (χ2n) is 20.4. The van der Waals surface area contributed by atoms with Crippen molar-refractivity contribution < 1.29 is 0 Å². The third-order valence-corrected chi connectivity index (χ3v) is 18.7. The van der Waals surface area contributed by atoms with E-state index in [1.165, 1.54) is 118 Å². The summed E-state index contributed by atoms with van der Waals surface area (Å²) in [4.78, 5) is 0. The van der Waals surface area contributed by atoms with Gasteiger partial charge in [-0.25, -0.2) is 0 Å². The molecular weight excluding hydrogens is 456 g/mol. The number of hydrogen-bond acceptors (Lipinski definition) is 0. The maximum Gasteiger partial charge on any atom is -0.0312 e. The molecule has 38 heavy (non-hydrogen) atoms. The van der Waals surface area contributed by atoms with E-state index in [0.29, 0.717) is 10.8 Å². The van der Waals surface area contributed by atoms with Crippen LogP contribution in [-0.2, 0) is 0 Å². The Bertz CT molecular complexity index is 1080. The minimum Gasteiger partial charge on any atom is -0.0599 e. The van der Waals surface area contributed by atoms with Crippen molar-refractivity contribution in [2.45, 2.75) is 92.9 Å². The van der Waals surface area contributed by atoms with Crippen molar-refractivity contribution in [1.82, 2.24) is 0 Å². The van der Waals surface area contributed by atoms with E-state index in [1.54, 1.807) is 51.4 Å². The van der Waals surface area contributed by atoms with Crippen LogP contribution in [0.3, 0.4) is 0 Å². The molecule has 0 aromatic rings. The first-order chi connectivity index (χ1) is 18.2. The van der Waals surface area contributed by atoms with Gasteiger partial charge < -0.3 is 0 Å². The standard InChI is InChI=1S/C22H32.C16H24/c1-22(2,3)9-4-5-12-13(8-9)17-16(12)20-18-14-10-6-7-11(10)15(14)19(18)21(17)20;1-16(2,3)10-6-9-11(10)15-13-8-5-4-7(8)12(13)14(9)15/h9-21H,4-8H2,1-3H3;7-15H,4-6H2,1-3H3/t9?,10-,11+,12-,13+,14+,15-,16+,17-,18-,19+,20+,21-;7-,8+,9-,10?,11-,12+,13-,14-,15+/m01/s1. The predicted molar refractivity (Wildman–Crippen MR) is 153 cm³/mol. The fraction of sp³-hybridized carbons (Fsp3) is 1.00. The molecule has 12 aliphatic carbocycles. The summed E-state index contributed by atoms with van der Waals surface area (Å²) in [5, 5.41) is 0. The third kappa shape index (κ3) is 2.16. The first-order valence-electron chi connectivity index (χ1n) is 18.2. The lowest BCUT2D eigenvalue weighted by Crippen LogP contribution is -2.86. The van der Waals surface area contributed by atoms with Crippen molar-refractivity contribution in [3.8, 4) is 0 Å². The molecule has 12 aliphatic rings. The summed E-state index contributed by atoms with van der Waals surface area (Å²) in [6.07, 6.45) is 12.8. The van der Waals surface area contributed by atoms with Crippen LogP contribution in [0.15, 0.2) is 0 Å². The van der Waals surface area contributed by atoms with Gasteiger partial charge in [-0.15, -0.1) is 0 Å². The van der Waals surface area contributed by atoms with Gasteiger partial charge in [0, 0.05) is 0 Å². The Hall–Kier alpha value is 0. The largest absolute Gasteiger partial charge is 0.0599 e. The van der Waals surface area contributed by atoms with Crippen molar-refractivity contribution in [2.24, 2.45) is 141 Å². The van der Waals surface area contributed by atoms with Crippen LogP contribution in [0.4, 0.5) is 0 Å². The zero-order chi connectivity index (χ0) is 25.4. The molecule has 0 radical (unpaired) electrons. The Morgan fingerprint density at radius 1 is 0.316 bits per heavy atom. The van der Waals surface area contributed by atoms with Crippen molar-refractivity contribution in [3.63, 3.8) is 0 Å². The summed E-state index contributed by atoms with van der Waals surface area (Å²) in [6.45, 7) is 14.9. The first-order valence-corrected chi connectivity index (χ1v) is 18.2. The lowest BCUT2D eigenvalue weighted by Gasteiger charge is -2.90. The number of fused-ring (bicyclic) bond motifs is 26. The SMILES string of the molecule is CC(C)(C)C1CC[C@H]2[C@@H](C1)[C@H]1[C@@H]2[C@@H]2[C@H]3[C@@H]4[C@H]5CC[C@H]5[C@@H]4[C@H]3[C@H]12.CC(C)(C)C1C[C@@H]2[C@H]1[C@@H]1[C@H]2[C@H]2[C@@H]3CC[C@@H]3[C@H]21. The molecule has 12 fully saturated rings. The molecule has 0 nitrogen and oxygen atoms in total. The zero-order valence-electron chi connectivity index (χ0n) is 25.4. The first kappa shape index (κ1) is 22.6. The molecule has 0 bridgehead atoms. The Kier molecular flexibility index (Phi) is 3.85. The van der Waals surface area contributed by atoms with E-state index in [9.17, 15) is 0 Å². The Morgan fingerprint density at radius 3 is 1.13 bits per heavy atom. The van der Waals surface area contributed by atoms with Gasteiger partial charge in [0.1, 0.15) is 0 Å². The number of rotatable bonds is 0. The molecule has 12 rings (SSSR count). The maximum atomic E-state index is 2.50. The lowest BCUT2D eigenvalue weighted by atomic mass is 9.14. The quantitative estimate of drug-likeness (QED) is 0.284. The van der Waals surface area contributed by atoms with E-state index < -0.39 is 0 Å². The van der Waals surface area contributed by atoms with Crippen molar-refractivity contribution in [2.75, 3.05) is 0 Å². The summed E-state index contributed by atoms with van der Waals surface area (Å²) in [6, 6.07) is 0. The van der Waals surface area contributed by atoms with Crippen LogP contribution in [0.25, 0.3) is 0 Å². The van der Waals surface area contributed by atoms with E-state index in [2.05, 4.69) is 41.5 Å². The minimum atomic E-state index is 0.566. The molecule has 22 atom stereocenters. The third-order valence-electron chi connectivity index (χ3n) is 18.7. The normalized spacial score (nSPS) is 70.6. The molecule has 0 amide bonds. The van der Waals surface area contributed by atoms with Crippen LogP contribution in [0, 0.1) is 141 Å². The molecular formula is C38H56. The predicted octanol–water partition coefficient (Wildman–Crippen LogP) is 8.91. The molecule has 0 aromatic heterocycles. The molecule has 208 valence electrons. The van der Waals surface area contributed by atoms with Gasteiger partial charge in [-0.05, 0) is 192 Å². The van der Waals surface area contributed by atoms with Gasteiger partial charge in [0.05, 0.1) is 0 Å². The minimum absolute atomic E-state index is 0.566. The molecule has 0 heterocycles. The summed E-state index contributed by atoms with van der Waals surface area (Å²) in [7, 11) is 0. The summed E-state index contributed by atoms with van der Waals surface area (Å²) < 4.78 is 0. The Labute approximate surface area is 233 Å². The molecule has 0 aliphatic heterocycles. The summed E-state index contributed by atoms with van der Waals surface area (Å²) in [5.74, 6) is 26.9. The van der Waals surface area contributed by atoms with Crippen LogP contribution in [0.2, 0.25) is 0 Å². The highest BCUT2D eigenvalue weighted by molar-refractivity contribution is 5.32. The van der Waals surface area contributed by atoms with Crippen LogP contribution in [0.5, 0.6) is 0 Å². The molecule has 0 heteroatoms. The van der Waals surface area contributed by atoms with Crippen LogP contribution >= 0.6 is 0 Å². The van der Waals surface area contributed by atoms with Gasteiger partial charge in [0.25, 0.3) is 0 Å². The average molecular weight is 513 g/mol. The zero-order valence-corrected chi connectivity index (χ0v) is 25.4. The van der Waals surface area contributed by atoms with E-state index in [-0.39, 0.29) is 0 Å². The topological polar surface area (TPSA) is 0 Å². The smallest absolute Gasteiger partial charge is 0.0312 e. The van der Waals surface area contributed by atoms with Crippen LogP contribution in [0.1, 0.15) is 92.9 Å². The van der Waals surface area contributed by atoms with Crippen molar-refractivity contribution in [1.29, 1.82) is 0 Å². The number of hydrogen-bond donors (Lipinski definition) is 0. The highest BCUT2D eigenvalue weighted by Gasteiger charge is 2.85. The highest BCUT2D eigenvalue weighted by Crippen LogP contribution is 2.90. The van der Waals surface area contributed by atoms with Gasteiger partial charge in [0.2, 0.25) is 0 Å². The lowest BCUT2D eigenvalue weighted by molar-refractivity contribution is -0.434. The van der Waals surface area contributed by atoms with Gasteiger partial charge in [-0.2, -0.15) is 0 Å². The summed E-state index contributed by atoms with van der Waals surface area (Å²) >= 11 is 0. The fourth-order valence-electron chi connectivity index (χ4n) is 17.0. The summed E-state index contributed by atoms with van der Waals surface area (Å²) in [5.41, 5.74) is 1.16. The Morgan fingerprint density at radius 2 is 0.684 bits per heavy atom. The van der Waals surface area contributed by atoms with E-state index in [4.69, 9.17) is 0 Å². The fourth-order valence-corrected chi connectivity index (χ4v) is 17.0. The molecule has 0 spiro atoms. The molecule has 0 N–H and O–H groups in total. The second kappa shape index (κ2) is 6.48. The second-order valence-corrected chi connectivity index (χ2v) is 20.4. The van der Waals surface area contributed by atoms with Gasteiger partial charge in [0.15, 0.2) is 0 Å². The highest BCUT2D eigenvalue weighted by atomic mass is 14.9. The molecule has 12 saturated carbocycles. The van der Waals surface area contributed by atoms with E-state index in [0.717, 1.165) is 11.8 Å². The van der Waals surface area contributed by atoms with Gasteiger partial charge >= 0.3 is 0 Å². The van der Waals surface area contributed by atoms with Gasteiger partial charge in [-0.1, -0.05) is 41.5 Å². The van der Waals surface area contributed by atoms with Gasteiger partial charge in [-0.3, -0.25) is 0 Å². The Balaban J connectivity index is 0.000000106. The van der Waals surface area contributed by atoms with Crippen molar-refractivity contribution in [3.05, 3.63) is 0 Å². The monoisotopic (exact) mass is 512 g/mol. The maximum absolute atomic E-state index is 2.50. The van der Waals surface area contributed by atoms with E-state index in [1.807, 2.05) is 0 Å². The average Bonchev–Trinajstić information content (AvgIpc) is 2.77.